The van der Waals surface area contributed by atoms with E-state index in [4.69, 9.17) is 21.1 Å². The van der Waals surface area contributed by atoms with Crippen LogP contribution < -0.4 is 14.9 Å². The van der Waals surface area contributed by atoms with E-state index >= 15 is 0 Å². The summed E-state index contributed by atoms with van der Waals surface area (Å²) < 4.78 is 67.8. The SMILES string of the molecule is COC[C@@H]1CN(c2cc(S(=O)(=O)NC3(C)COC3)cn3c(-c4nnc(C(F)F)s4)nc(Cl)c23)CCN1. The number of piperazine rings is 1. The van der Waals surface area contributed by atoms with Gasteiger partial charge in [0.1, 0.15) is 10.4 Å². The van der Waals surface area contributed by atoms with Gasteiger partial charge in [0.25, 0.3) is 6.43 Å². The highest BCUT2D eigenvalue weighted by molar-refractivity contribution is 7.89. The van der Waals surface area contributed by atoms with Gasteiger partial charge in [0.15, 0.2) is 21.0 Å². The highest BCUT2D eigenvalue weighted by Crippen LogP contribution is 2.37. The van der Waals surface area contributed by atoms with E-state index in [1.54, 1.807) is 20.1 Å². The number of rotatable bonds is 8. The van der Waals surface area contributed by atoms with Crippen LogP contribution in [0.5, 0.6) is 0 Å². The molecule has 2 aliphatic rings. The topological polar surface area (TPSA) is 123 Å². The van der Waals surface area contributed by atoms with Crippen molar-refractivity contribution in [3.63, 3.8) is 0 Å². The fourth-order valence-corrected chi connectivity index (χ4v) is 6.64. The Morgan fingerprint density at radius 3 is 2.83 bits per heavy atom. The molecule has 3 aromatic rings. The number of pyridine rings is 1. The minimum Gasteiger partial charge on any atom is -0.383 e. The number of alkyl halides is 2. The van der Waals surface area contributed by atoms with Crippen LogP contribution in [0.25, 0.3) is 16.3 Å². The zero-order valence-corrected chi connectivity index (χ0v) is 21.8. The van der Waals surface area contributed by atoms with Crippen molar-refractivity contribution in [2.24, 2.45) is 0 Å². The number of anilines is 1. The van der Waals surface area contributed by atoms with Gasteiger partial charge in [0.05, 0.1) is 31.0 Å². The number of ether oxygens (including phenoxy) is 2. The summed E-state index contributed by atoms with van der Waals surface area (Å²) in [6.45, 7) is 4.45. The smallest absolute Gasteiger partial charge is 0.291 e. The quantitative estimate of drug-likeness (QED) is 0.423. The number of nitrogens with one attached hydrogen (secondary N) is 2. The largest absolute Gasteiger partial charge is 0.383 e. The molecule has 0 spiro atoms. The van der Waals surface area contributed by atoms with Crippen LogP contribution in [0.1, 0.15) is 18.4 Å². The lowest BCUT2D eigenvalue weighted by Crippen LogP contribution is -2.59. The molecular formula is C20H24ClF2N7O4S2. The number of hydrogen-bond donors (Lipinski definition) is 2. The summed E-state index contributed by atoms with van der Waals surface area (Å²) in [5.74, 6) is 0.125. The number of halogens is 3. The van der Waals surface area contributed by atoms with Gasteiger partial charge in [0.2, 0.25) is 10.0 Å². The third kappa shape index (κ3) is 4.80. The van der Waals surface area contributed by atoms with Gasteiger partial charge in [-0.15, -0.1) is 10.2 Å². The van der Waals surface area contributed by atoms with Crippen molar-refractivity contribution in [1.82, 2.24) is 29.6 Å². The predicted molar refractivity (Wildman–Crippen MR) is 129 cm³/mol. The van der Waals surface area contributed by atoms with Crippen LogP contribution in [0.4, 0.5) is 14.5 Å². The van der Waals surface area contributed by atoms with Crippen molar-refractivity contribution in [2.75, 3.05) is 51.5 Å². The van der Waals surface area contributed by atoms with Crippen LogP contribution in [0.3, 0.4) is 0 Å². The molecule has 5 rings (SSSR count). The number of sulfonamides is 1. The summed E-state index contributed by atoms with van der Waals surface area (Å²) in [5, 5.41) is 10.5. The summed E-state index contributed by atoms with van der Waals surface area (Å²) in [7, 11) is -2.39. The van der Waals surface area contributed by atoms with Crippen LogP contribution in [0, 0.1) is 0 Å². The van der Waals surface area contributed by atoms with Gasteiger partial charge in [-0.1, -0.05) is 22.9 Å². The molecular weight excluding hydrogens is 540 g/mol. The van der Waals surface area contributed by atoms with Crippen molar-refractivity contribution in [3.05, 3.63) is 22.4 Å². The number of fused-ring (bicyclic) bond motifs is 1. The molecule has 5 heterocycles. The molecule has 0 aliphatic carbocycles. The number of imidazole rings is 1. The first-order valence-corrected chi connectivity index (χ1v) is 13.7. The molecule has 2 saturated heterocycles. The molecule has 0 aromatic carbocycles. The zero-order valence-electron chi connectivity index (χ0n) is 19.4. The van der Waals surface area contributed by atoms with Gasteiger partial charge in [-0.25, -0.2) is 26.9 Å². The van der Waals surface area contributed by atoms with Crippen LogP contribution in [0.2, 0.25) is 5.15 Å². The lowest BCUT2D eigenvalue weighted by atomic mass is 10.0. The normalized spacial score (nSPS) is 20.3. The molecule has 196 valence electrons. The summed E-state index contributed by atoms with van der Waals surface area (Å²) in [4.78, 5) is 6.33. The van der Waals surface area contributed by atoms with E-state index in [0.717, 1.165) is 0 Å². The molecule has 0 saturated carbocycles. The fraction of sp³-hybridized carbons (Fsp3) is 0.550. The number of hydrogen-bond acceptors (Lipinski definition) is 10. The Bertz CT molecular complexity index is 1380. The van der Waals surface area contributed by atoms with Gasteiger partial charge in [-0.3, -0.25) is 4.40 Å². The Morgan fingerprint density at radius 2 is 2.19 bits per heavy atom. The second-order valence-corrected chi connectivity index (χ2v) is 12.0. The molecule has 2 fully saturated rings. The average molecular weight is 564 g/mol. The summed E-state index contributed by atoms with van der Waals surface area (Å²) in [5.41, 5.74) is 0.251. The minimum absolute atomic E-state index is 0.00570. The number of nitrogens with zero attached hydrogens (tertiary/aromatic N) is 5. The first-order valence-electron chi connectivity index (χ1n) is 11.0. The first-order chi connectivity index (χ1) is 17.1. The zero-order chi connectivity index (χ0) is 25.7. The van der Waals surface area contributed by atoms with E-state index in [1.165, 1.54) is 10.6 Å². The van der Waals surface area contributed by atoms with Crippen LogP contribution >= 0.6 is 22.9 Å². The maximum atomic E-state index is 13.4. The Hall–Kier alpha value is -2.01. The minimum atomic E-state index is -3.99. The number of aromatic nitrogens is 4. The van der Waals surface area contributed by atoms with Crippen molar-refractivity contribution in [2.45, 2.75) is 29.8 Å². The lowest BCUT2D eigenvalue weighted by molar-refractivity contribution is -0.0523. The Balaban J connectivity index is 1.66. The van der Waals surface area contributed by atoms with Crippen LogP contribution in [-0.4, -0.2) is 86.1 Å². The standard InChI is InChI=1S/C20H24ClF2N7O4S2/c1-20(9-34-10-20)28-36(31,32)12-5-13(29-4-3-24-11(6-29)8-33-2)14-15(21)25-17(30(14)7-12)19-27-26-18(35-19)16(22)23/h5,7,11,16,24,28H,3-4,6,8-10H2,1-2H3/t11-/m0/s1. The van der Waals surface area contributed by atoms with Crippen LogP contribution in [-0.2, 0) is 19.5 Å². The second kappa shape index (κ2) is 9.70. The Labute approximate surface area is 214 Å². The molecule has 0 amide bonds. The van der Waals surface area contributed by atoms with Gasteiger partial charge in [0, 0.05) is 39.0 Å². The Morgan fingerprint density at radius 1 is 1.42 bits per heavy atom. The molecule has 3 aromatic heterocycles. The molecule has 36 heavy (non-hydrogen) atoms. The summed E-state index contributed by atoms with van der Waals surface area (Å²) in [6, 6.07) is 1.56. The first kappa shape index (κ1) is 25.6. The fourth-order valence-electron chi connectivity index (χ4n) is 4.29. The molecule has 1 atom stereocenters. The highest BCUT2D eigenvalue weighted by atomic mass is 35.5. The van der Waals surface area contributed by atoms with Crippen molar-refractivity contribution in [3.8, 4) is 10.8 Å². The molecule has 2 N–H and O–H groups in total. The highest BCUT2D eigenvalue weighted by Gasteiger charge is 2.38. The molecule has 0 radical (unpaired) electrons. The van der Waals surface area contributed by atoms with Crippen molar-refractivity contribution >= 4 is 44.2 Å². The van der Waals surface area contributed by atoms with Gasteiger partial charge in [-0.2, -0.15) is 0 Å². The molecule has 0 unspecified atom stereocenters. The molecule has 11 nitrogen and oxygen atoms in total. The van der Waals surface area contributed by atoms with E-state index in [0.29, 0.717) is 48.8 Å². The van der Waals surface area contributed by atoms with Crippen LogP contribution in [0.15, 0.2) is 17.2 Å². The van der Waals surface area contributed by atoms with Gasteiger partial charge in [-0.05, 0) is 13.0 Å². The molecule has 0 bridgehead atoms. The molecule has 2 aliphatic heterocycles. The Kier molecular flexibility index (Phi) is 6.91. The van der Waals surface area contributed by atoms with Crippen molar-refractivity contribution in [1.29, 1.82) is 0 Å². The summed E-state index contributed by atoms with van der Waals surface area (Å²) in [6.07, 6.45) is -1.42. The maximum absolute atomic E-state index is 13.4. The third-order valence-corrected chi connectivity index (χ3v) is 8.76. The van der Waals surface area contributed by atoms with E-state index < -0.39 is 27.0 Å². The van der Waals surface area contributed by atoms with Crippen molar-refractivity contribution < 1.29 is 26.7 Å². The van der Waals surface area contributed by atoms with E-state index in [1.807, 2.05) is 4.90 Å². The van der Waals surface area contributed by atoms with E-state index in [-0.39, 0.29) is 40.1 Å². The molecule has 16 heteroatoms. The second-order valence-electron chi connectivity index (χ2n) is 8.96. The van der Waals surface area contributed by atoms with E-state index in [9.17, 15) is 17.2 Å². The summed E-state index contributed by atoms with van der Waals surface area (Å²) >= 11 is 7.22. The predicted octanol–water partition coefficient (Wildman–Crippen LogP) is 1.94. The number of methoxy groups -OCH3 is 1. The van der Waals surface area contributed by atoms with Gasteiger partial charge >= 0.3 is 0 Å². The maximum Gasteiger partial charge on any atom is 0.291 e. The van der Waals surface area contributed by atoms with Gasteiger partial charge < -0.3 is 19.7 Å². The lowest BCUT2D eigenvalue weighted by Gasteiger charge is -2.38. The third-order valence-electron chi connectivity index (χ3n) is 5.96. The van der Waals surface area contributed by atoms with E-state index in [2.05, 4.69) is 25.2 Å². The monoisotopic (exact) mass is 563 g/mol. The average Bonchev–Trinajstić information content (AvgIpc) is 3.43.